The van der Waals surface area contributed by atoms with Crippen molar-refractivity contribution in [3.63, 3.8) is 0 Å². The third kappa shape index (κ3) is 6.60. The number of barbiturate groups is 1. The van der Waals surface area contributed by atoms with Crippen LogP contribution in [0.2, 0.25) is 5.02 Å². The summed E-state index contributed by atoms with van der Waals surface area (Å²) < 4.78 is 11.3. The Balaban J connectivity index is 1.48. The quantitative estimate of drug-likeness (QED) is 0.113. The van der Waals surface area contributed by atoms with Crippen LogP contribution >= 0.6 is 11.6 Å². The van der Waals surface area contributed by atoms with Gasteiger partial charge in [0.15, 0.2) is 0 Å². The molecule has 3 aromatic carbocycles. The second-order valence-corrected chi connectivity index (χ2v) is 8.96. The van der Waals surface area contributed by atoms with Gasteiger partial charge in [-0.2, -0.15) is 0 Å². The number of carbonyl (C=O) groups is 3. The van der Waals surface area contributed by atoms with E-state index in [4.69, 9.17) is 21.1 Å². The van der Waals surface area contributed by atoms with Crippen molar-refractivity contribution in [3.8, 4) is 11.5 Å². The Morgan fingerprint density at radius 2 is 1.72 bits per heavy atom. The van der Waals surface area contributed by atoms with Crippen molar-refractivity contribution >= 4 is 46.9 Å². The Hall–Kier alpha value is -4.70. The number of benzene rings is 3. The zero-order valence-electron chi connectivity index (χ0n) is 20.9. The van der Waals surface area contributed by atoms with Gasteiger partial charge in [0, 0.05) is 12.1 Å². The van der Waals surface area contributed by atoms with Gasteiger partial charge in [0.25, 0.3) is 17.5 Å². The number of nitrogens with one attached hydrogen (secondary N) is 1. The number of ether oxygens (including phenoxy) is 2. The molecule has 1 aliphatic heterocycles. The molecule has 1 heterocycles. The van der Waals surface area contributed by atoms with Gasteiger partial charge in [-0.1, -0.05) is 31.0 Å². The fourth-order valence-corrected chi connectivity index (χ4v) is 3.93. The lowest BCUT2D eigenvalue weighted by molar-refractivity contribution is -0.384. The summed E-state index contributed by atoms with van der Waals surface area (Å²) in [5.74, 6) is -0.655. The van der Waals surface area contributed by atoms with E-state index in [2.05, 4.69) is 12.2 Å². The summed E-state index contributed by atoms with van der Waals surface area (Å²) in [7, 11) is 0. The van der Waals surface area contributed by atoms with Crippen LogP contribution in [0.5, 0.6) is 11.5 Å². The third-order valence-electron chi connectivity index (χ3n) is 5.77. The van der Waals surface area contributed by atoms with Crippen LogP contribution in [0, 0.1) is 10.1 Å². The van der Waals surface area contributed by atoms with Crippen LogP contribution in [0.25, 0.3) is 6.08 Å². The maximum atomic E-state index is 13.2. The van der Waals surface area contributed by atoms with Gasteiger partial charge in [-0.3, -0.25) is 25.0 Å². The number of nitrogens with zero attached hydrogens (tertiary/aromatic N) is 2. The molecule has 0 unspecified atom stereocenters. The zero-order chi connectivity index (χ0) is 27.9. The minimum atomic E-state index is -0.852. The zero-order valence-corrected chi connectivity index (χ0v) is 21.6. The summed E-state index contributed by atoms with van der Waals surface area (Å²) in [5, 5.41) is 13.2. The van der Waals surface area contributed by atoms with Gasteiger partial charge in [0.1, 0.15) is 23.7 Å². The van der Waals surface area contributed by atoms with E-state index < -0.39 is 22.8 Å². The Morgan fingerprint density at radius 3 is 2.36 bits per heavy atom. The van der Waals surface area contributed by atoms with Crippen LogP contribution in [-0.4, -0.2) is 29.4 Å². The van der Waals surface area contributed by atoms with Gasteiger partial charge in [0.2, 0.25) is 0 Å². The van der Waals surface area contributed by atoms with E-state index in [1.165, 1.54) is 24.3 Å². The first-order valence-electron chi connectivity index (χ1n) is 12.1. The van der Waals surface area contributed by atoms with Crippen LogP contribution in [-0.2, 0) is 16.2 Å². The molecule has 1 fully saturated rings. The lowest BCUT2D eigenvalue weighted by Crippen LogP contribution is -2.54. The van der Waals surface area contributed by atoms with Crippen molar-refractivity contribution in [2.24, 2.45) is 0 Å². The van der Waals surface area contributed by atoms with Crippen molar-refractivity contribution in [3.05, 3.63) is 98.6 Å². The molecule has 0 radical (unpaired) electrons. The number of carbonyl (C=O) groups excluding carboxylic acids is 3. The molecule has 0 spiro atoms. The molecular weight excluding hydrogens is 526 g/mol. The molecule has 200 valence electrons. The monoisotopic (exact) mass is 549 g/mol. The summed E-state index contributed by atoms with van der Waals surface area (Å²) in [6.45, 7) is 2.74. The molecule has 11 heteroatoms. The standard InChI is InChI=1S/C28H24ClN3O7/c1-2-3-14-38-22-11-9-20(10-12-22)31-27(34)23(26(33)30-28(31)35)15-19-6-13-25(24(29)16-19)39-17-18-4-7-21(8-5-18)32(36)37/h4-13,15-16H,2-3,14,17H2,1H3,(H,30,33,35)/b23-15-. The first-order chi connectivity index (χ1) is 18.8. The van der Waals surface area contributed by atoms with Gasteiger partial charge in [0.05, 0.1) is 22.2 Å². The summed E-state index contributed by atoms with van der Waals surface area (Å²) in [5.41, 5.74) is 1.16. The number of non-ortho nitro benzene ring substituents is 1. The first kappa shape index (κ1) is 27.3. The summed E-state index contributed by atoms with van der Waals surface area (Å²) in [6.07, 6.45) is 3.24. The smallest absolute Gasteiger partial charge is 0.335 e. The molecule has 10 nitrogen and oxygen atoms in total. The summed E-state index contributed by atoms with van der Waals surface area (Å²) in [6, 6.07) is 16.2. The molecule has 0 saturated carbocycles. The van der Waals surface area contributed by atoms with Gasteiger partial charge in [-0.25, -0.2) is 9.69 Å². The molecule has 1 saturated heterocycles. The van der Waals surface area contributed by atoms with E-state index >= 15 is 0 Å². The Bertz CT molecular complexity index is 1440. The van der Waals surface area contributed by atoms with Crippen molar-refractivity contribution in [2.45, 2.75) is 26.4 Å². The van der Waals surface area contributed by atoms with Crippen LogP contribution in [0.15, 0.2) is 72.3 Å². The molecule has 0 atom stereocenters. The number of unbranched alkanes of at least 4 members (excludes halogenated alkanes) is 1. The van der Waals surface area contributed by atoms with Crippen LogP contribution in [0.4, 0.5) is 16.2 Å². The molecule has 3 aromatic rings. The predicted octanol–water partition coefficient (Wildman–Crippen LogP) is 5.67. The maximum absolute atomic E-state index is 13.2. The van der Waals surface area contributed by atoms with Crippen molar-refractivity contribution in [2.75, 3.05) is 11.5 Å². The second kappa shape index (κ2) is 12.2. The van der Waals surface area contributed by atoms with Crippen molar-refractivity contribution < 1.29 is 28.8 Å². The molecule has 0 bridgehead atoms. The third-order valence-corrected chi connectivity index (χ3v) is 6.07. The minimum Gasteiger partial charge on any atom is -0.494 e. The maximum Gasteiger partial charge on any atom is 0.335 e. The Morgan fingerprint density at radius 1 is 1.00 bits per heavy atom. The molecule has 1 aliphatic rings. The number of hydrogen-bond donors (Lipinski definition) is 1. The van der Waals surface area contributed by atoms with E-state index in [-0.39, 0.29) is 28.6 Å². The fourth-order valence-electron chi connectivity index (χ4n) is 3.68. The Labute approximate surface area is 228 Å². The number of nitro groups is 1. The van der Waals surface area contributed by atoms with Crippen LogP contribution < -0.4 is 19.7 Å². The molecule has 39 heavy (non-hydrogen) atoms. The lowest BCUT2D eigenvalue weighted by Gasteiger charge is -2.26. The van der Waals surface area contributed by atoms with E-state index in [0.29, 0.717) is 29.2 Å². The highest BCUT2D eigenvalue weighted by Gasteiger charge is 2.36. The number of halogens is 1. The van der Waals surface area contributed by atoms with Crippen molar-refractivity contribution in [1.29, 1.82) is 0 Å². The largest absolute Gasteiger partial charge is 0.494 e. The van der Waals surface area contributed by atoms with Gasteiger partial charge < -0.3 is 9.47 Å². The number of rotatable bonds is 10. The molecule has 1 N–H and O–H groups in total. The molecule has 0 aromatic heterocycles. The van der Waals surface area contributed by atoms with Crippen molar-refractivity contribution in [1.82, 2.24) is 5.32 Å². The normalized spacial score (nSPS) is 14.4. The topological polar surface area (TPSA) is 128 Å². The van der Waals surface area contributed by atoms with Crippen LogP contribution in [0.1, 0.15) is 30.9 Å². The number of imide groups is 2. The van der Waals surface area contributed by atoms with Gasteiger partial charge in [-0.05, 0) is 72.2 Å². The summed E-state index contributed by atoms with van der Waals surface area (Å²) in [4.78, 5) is 49.4. The summed E-state index contributed by atoms with van der Waals surface area (Å²) >= 11 is 6.36. The molecule has 4 amide bonds. The molecule has 0 aliphatic carbocycles. The number of nitro benzene ring substituents is 1. The highest BCUT2D eigenvalue weighted by molar-refractivity contribution is 6.39. The highest BCUT2D eigenvalue weighted by atomic mass is 35.5. The predicted molar refractivity (Wildman–Crippen MR) is 145 cm³/mol. The van der Waals surface area contributed by atoms with E-state index in [1.807, 2.05) is 0 Å². The Kier molecular flexibility index (Phi) is 8.57. The average molecular weight is 550 g/mol. The minimum absolute atomic E-state index is 0.0239. The lowest BCUT2D eigenvalue weighted by atomic mass is 10.1. The van der Waals surface area contributed by atoms with Crippen LogP contribution in [0.3, 0.4) is 0 Å². The number of urea groups is 1. The average Bonchev–Trinajstić information content (AvgIpc) is 2.91. The highest BCUT2D eigenvalue weighted by Crippen LogP contribution is 2.29. The van der Waals surface area contributed by atoms with E-state index in [9.17, 15) is 24.5 Å². The van der Waals surface area contributed by atoms with E-state index in [1.54, 1.807) is 48.5 Å². The first-order valence-corrected chi connectivity index (χ1v) is 12.4. The van der Waals surface area contributed by atoms with Gasteiger partial charge in [-0.15, -0.1) is 0 Å². The number of amides is 4. The molecule has 4 rings (SSSR count). The second-order valence-electron chi connectivity index (χ2n) is 8.56. The van der Waals surface area contributed by atoms with Gasteiger partial charge >= 0.3 is 6.03 Å². The number of anilines is 1. The number of hydrogen-bond acceptors (Lipinski definition) is 7. The van der Waals surface area contributed by atoms with E-state index in [0.717, 1.165) is 17.7 Å². The molecular formula is C28H24ClN3O7. The SMILES string of the molecule is CCCCOc1ccc(N2C(=O)NC(=O)/C(=C/c3ccc(OCc4ccc([N+](=O)[O-])cc4)c(Cl)c3)C2=O)cc1. The fraction of sp³-hybridized carbons (Fsp3) is 0.179.